The number of hydrogen-bond acceptors (Lipinski definition) is 6. The molecule has 3 N–H and O–H groups in total. The third-order valence-corrected chi connectivity index (χ3v) is 8.24. The molecule has 37 heavy (non-hydrogen) atoms. The van der Waals surface area contributed by atoms with E-state index >= 15 is 0 Å². The minimum atomic E-state index is -0.937. The zero-order valence-corrected chi connectivity index (χ0v) is 21.4. The van der Waals surface area contributed by atoms with Crippen molar-refractivity contribution in [3.8, 4) is 11.5 Å². The van der Waals surface area contributed by atoms with Crippen LogP contribution in [0, 0.1) is 5.92 Å². The number of carbonyl (C=O) groups is 2. The summed E-state index contributed by atoms with van der Waals surface area (Å²) in [6.07, 6.45) is 8.35. The number of phenols is 1. The molecule has 0 aromatic heterocycles. The minimum Gasteiger partial charge on any atom is -0.508 e. The van der Waals surface area contributed by atoms with E-state index in [9.17, 15) is 19.8 Å². The quantitative estimate of drug-likeness (QED) is 0.302. The van der Waals surface area contributed by atoms with Crippen molar-refractivity contribution in [2.75, 3.05) is 19.6 Å². The molecule has 7 nitrogen and oxygen atoms in total. The van der Waals surface area contributed by atoms with E-state index in [0.29, 0.717) is 31.6 Å². The average molecular weight is 505 g/mol. The van der Waals surface area contributed by atoms with Crippen LogP contribution in [0.15, 0.2) is 54.6 Å². The molecule has 2 aromatic carbocycles. The molecule has 3 fully saturated rings. The molecule has 3 aliphatic rings. The number of amides is 1. The first kappa shape index (κ1) is 25.5. The number of piperidine rings is 1. The lowest BCUT2D eigenvalue weighted by Crippen LogP contribution is -2.67. The number of benzene rings is 2. The second kappa shape index (κ2) is 10.3. The van der Waals surface area contributed by atoms with Gasteiger partial charge in [0.25, 0.3) is 0 Å². The second-order valence-corrected chi connectivity index (χ2v) is 11.0. The number of likely N-dealkylation sites (tertiary alicyclic amines) is 1. The first-order valence-electron chi connectivity index (χ1n) is 13.3. The second-order valence-electron chi connectivity index (χ2n) is 11.0. The van der Waals surface area contributed by atoms with E-state index in [2.05, 4.69) is 10.2 Å². The van der Waals surface area contributed by atoms with Crippen molar-refractivity contribution in [3.05, 3.63) is 65.7 Å². The van der Waals surface area contributed by atoms with Crippen molar-refractivity contribution >= 4 is 18.0 Å². The zero-order chi connectivity index (χ0) is 26.0. The topological polar surface area (TPSA) is 99.1 Å². The van der Waals surface area contributed by atoms with Gasteiger partial charge in [-0.05, 0) is 92.5 Å². The molecular weight excluding hydrogens is 468 g/mol. The smallest absolute Gasteiger partial charge is 0.308 e. The summed E-state index contributed by atoms with van der Waals surface area (Å²) < 4.78 is 5.38. The normalized spacial score (nSPS) is 28.0. The number of aliphatic hydroxyl groups is 1. The fourth-order valence-electron chi connectivity index (χ4n) is 6.28. The van der Waals surface area contributed by atoms with Crippen LogP contribution in [0.4, 0.5) is 0 Å². The van der Waals surface area contributed by atoms with Gasteiger partial charge in [0, 0.05) is 37.5 Å². The average Bonchev–Trinajstić information content (AvgIpc) is 3.67. The largest absolute Gasteiger partial charge is 0.508 e. The van der Waals surface area contributed by atoms with Gasteiger partial charge in [-0.25, -0.2) is 0 Å². The van der Waals surface area contributed by atoms with Gasteiger partial charge >= 0.3 is 5.97 Å². The summed E-state index contributed by atoms with van der Waals surface area (Å²) >= 11 is 0. The number of fused-ring (bicyclic) bond motifs is 1. The van der Waals surface area contributed by atoms with E-state index in [-0.39, 0.29) is 23.7 Å². The van der Waals surface area contributed by atoms with Gasteiger partial charge in [-0.2, -0.15) is 0 Å². The first-order valence-corrected chi connectivity index (χ1v) is 13.3. The van der Waals surface area contributed by atoms with E-state index in [0.717, 1.165) is 36.6 Å². The molecule has 2 aromatic rings. The van der Waals surface area contributed by atoms with Crippen LogP contribution < -0.4 is 10.1 Å². The maximum Gasteiger partial charge on any atom is 0.308 e. The zero-order valence-electron chi connectivity index (χ0n) is 21.4. The molecule has 196 valence electrons. The molecule has 1 heterocycles. The molecule has 1 aliphatic heterocycles. The third-order valence-electron chi connectivity index (χ3n) is 8.24. The Morgan fingerprint density at radius 2 is 1.95 bits per heavy atom. The number of hydrogen-bond donors (Lipinski definition) is 3. The Bertz CT molecular complexity index is 1190. The van der Waals surface area contributed by atoms with Gasteiger partial charge < -0.3 is 25.2 Å². The number of nitrogens with one attached hydrogen (secondary N) is 1. The van der Waals surface area contributed by atoms with Crippen molar-refractivity contribution < 1.29 is 24.5 Å². The highest BCUT2D eigenvalue weighted by molar-refractivity contribution is 5.92. The molecule has 3 atom stereocenters. The SMILES string of the molecule is CC(=O)Oc1cccc([C@@]23CCN(CC4CC4)C[C@@]2(O)CC[C@H](NC(=O)C=Cc2cccc(O)c2)C3)c1. The molecule has 5 rings (SSSR count). The lowest BCUT2D eigenvalue weighted by atomic mass is 9.55. The standard InChI is InChI=1S/C30H36N2O5/c1-21(33)37-27-7-3-5-24(17-27)29-14-15-32(19-23-8-9-23)20-30(29,36)13-12-25(18-29)31-28(35)11-10-22-4-2-6-26(34)16-22/h2-7,10-11,16-17,23,25,34,36H,8-9,12-15,18-20H2,1H3,(H,31,35)/t25-,29-,30-/m0/s1. The maximum atomic E-state index is 12.8. The van der Waals surface area contributed by atoms with Crippen LogP contribution in [0.25, 0.3) is 6.08 Å². The summed E-state index contributed by atoms with van der Waals surface area (Å²) in [4.78, 5) is 26.8. The summed E-state index contributed by atoms with van der Waals surface area (Å²) in [5, 5.41) is 25.0. The molecule has 0 spiro atoms. The number of phenolic OH excluding ortho intramolecular Hbond substituents is 1. The molecule has 2 saturated carbocycles. The van der Waals surface area contributed by atoms with Gasteiger partial charge in [-0.3, -0.25) is 9.59 Å². The van der Waals surface area contributed by atoms with Crippen LogP contribution >= 0.6 is 0 Å². The van der Waals surface area contributed by atoms with Crippen LogP contribution in [-0.2, 0) is 15.0 Å². The molecular formula is C30H36N2O5. The fourth-order valence-corrected chi connectivity index (χ4v) is 6.28. The monoisotopic (exact) mass is 504 g/mol. The van der Waals surface area contributed by atoms with Gasteiger partial charge in [0.05, 0.1) is 5.60 Å². The van der Waals surface area contributed by atoms with Gasteiger partial charge in [0.15, 0.2) is 0 Å². The summed E-state index contributed by atoms with van der Waals surface area (Å²) in [7, 11) is 0. The van der Waals surface area contributed by atoms with E-state index < -0.39 is 11.0 Å². The first-order chi connectivity index (χ1) is 17.7. The Kier molecular flexibility index (Phi) is 7.10. The van der Waals surface area contributed by atoms with Gasteiger partial charge in [-0.1, -0.05) is 24.3 Å². The van der Waals surface area contributed by atoms with Crippen molar-refractivity contribution in [2.45, 2.75) is 62.5 Å². The van der Waals surface area contributed by atoms with Crippen LogP contribution in [0.1, 0.15) is 56.6 Å². The number of β-amino-alcohol motifs (C(OH)–C–C–N with tert-alkyl or cyclic N) is 1. The number of esters is 1. The number of aromatic hydroxyl groups is 1. The Morgan fingerprint density at radius 3 is 2.70 bits per heavy atom. The summed E-state index contributed by atoms with van der Waals surface area (Å²) in [5.74, 6) is 0.796. The number of rotatable bonds is 7. The molecule has 1 amide bonds. The van der Waals surface area contributed by atoms with Gasteiger partial charge in [0.2, 0.25) is 5.91 Å². The van der Waals surface area contributed by atoms with Crippen LogP contribution in [0.2, 0.25) is 0 Å². The molecule has 0 radical (unpaired) electrons. The van der Waals surface area contributed by atoms with Gasteiger partial charge in [-0.15, -0.1) is 0 Å². The molecule has 2 aliphatic carbocycles. The highest BCUT2D eigenvalue weighted by atomic mass is 16.5. The highest BCUT2D eigenvalue weighted by Crippen LogP contribution is 2.52. The summed E-state index contributed by atoms with van der Waals surface area (Å²) in [6, 6.07) is 14.2. The molecule has 0 bridgehead atoms. The van der Waals surface area contributed by atoms with E-state index in [1.165, 1.54) is 25.8 Å². The van der Waals surface area contributed by atoms with Crippen molar-refractivity contribution in [1.29, 1.82) is 0 Å². The van der Waals surface area contributed by atoms with Gasteiger partial charge in [0.1, 0.15) is 11.5 Å². The minimum absolute atomic E-state index is 0.103. The van der Waals surface area contributed by atoms with E-state index in [1.54, 1.807) is 30.3 Å². The van der Waals surface area contributed by atoms with Crippen molar-refractivity contribution in [1.82, 2.24) is 10.2 Å². The Balaban J connectivity index is 1.37. The molecule has 0 unspecified atom stereocenters. The summed E-state index contributed by atoms with van der Waals surface area (Å²) in [5.41, 5.74) is 0.200. The number of nitrogens with zero attached hydrogens (tertiary/aromatic N) is 1. The Morgan fingerprint density at radius 1 is 1.14 bits per heavy atom. The number of ether oxygens (including phenoxy) is 1. The van der Waals surface area contributed by atoms with E-state index in [4.69, 9.17) is 4.74 Å². The van der Waals surface area contributed by atoms with E-state index in [1.807, 2.05) is 24.3 Å². The van der Waals surface area contributed by atoms with Crippen LogP contribution in [0.3, 0.4) is 0 Å². The molecule has 7 heteroatoms. The highest BCUT2D eigenvalue weighted by Gasteiger charge is 2.57. The van der Waals surface area contributed by atoms with Crippen LogP contribution in [0.5, 0.6) is 11.5 Å². The number of carbonyl (C=O) groups excluding carboxylic acids is 2. The van der Waals surface area contributed by atoms with Crippen LogP contribution in [-0.4, -0.2) is 58.3 Å². The Labute approximate surface area is 218 Å². The predicted molar refractivity (Wildman–Crippen MR) is 141 cm³/mol. The van der Waals surface area contributed by atoms with Crippen molar-refractivity contribution in [2.24, 2.45) is 5.92 Å². The fraction of sp³-hybridized carbons (Fsp3) is 0.467. The third kappa shape index (κ3) is 5.73. The van der Waals surface area contributed by atoms with Crippen molar-refractivity contribution in [3.63, 3.8) is 0 Å². The lowest BCUT2D eigenvalue weighted by Gasteiger charge is -2.58. The molecule has 1 saturated heterocycles. The predicted octanol–water partition coefficient (Wildman–Crippen LogP) is 3.78. The maximum absolute atomic E-state index is 12.8. The summed E-state index contributed by atoms with van der Waals surface area (Å²) in [6.45, 7) is 3.91. The Hall–Kier alpha value is -3.16. The lowest BCUT2D eigenvalue weighted by molar-refractivity contribution is -0.133.